The maximum atomic E-state index is 13.6. The van der Waals surface area contributed by atoms with E-state index >= 15 is 0 Å². The summed E-state index contributed by atoms with van der Waals surface area (Å²) in [6.07, 6.45) is 1.58. The van der Waals surface area contributed by atoms with Crippen LogP contribution in [0.3, 0.4) is 0 Å². The lowest BCUT2D eigenvalue weighted by Crippen LogP contribution is -2.52. The smallest absolute Gasteiger partial charge is 0.322 e. The van der Waals surface area contributed by atoms with Crippen LogP contribution < -0.4 is 16.2 Å². The summed E-state index contributed by atoms with van der Waals surface area (Å²) in [7, 11) is 0. The summed E-state index contributed by atoms with van der Waals surface area (Å²) in [5.41, 5.74) is 1.26. The first kappa shape index (κ1) is 19.7. The highest BCUT2D eigenvalue weighted by molar-refractivity contribution is 6.08. The molecule has 0 saturated carbocycles. The van der Waals surface area contributed by atoms with Gasteiger partial charge in [0, 0.05) is 24.4 Å². The molecule has 1 fully saturated rings. The van der Waals surface area contributed by atoms with E-state index in [0.717, 1.165) is 11.1 Å². The quantitative estimate of drug-likeness (QED) is 0.547. The monoisotopic (exact) mass is 432 g/mol. The third-order valence-corrected chi connectivity index (χ3v) is 5.82. The topological polar surface area (TPSA) is 111 Å². The molecule has 2 aromatic carbocycles. The lowest BCUT2D eigenvalue weighted by molar-refractivity contribution is -0.124. The summed E-state index contributed by atoms with van der Waals surface area (Å²) in [5, 5.41) is 4.92. The van der Waals surface area contributed by atoms with Gasteiger partial charge in [0.05, 0.1) is 6.54 Å². The summed E-state index contributed by atoms with van der Waals surface area (Å²) < 4.78 is 13.6. The largest absolute Gasteiger partial charge is 0.331 e. The van der Waals surface area contributed by atoms with E-state index in [1.807, 2.05) is 0 Å². The van der Waals surface area contributed by atoms with Gasteiger partial charge < -0.3 is 15.2 Å². The minimum atomic E-state index is -1.49. The maximum absolute atomic E-state index is 13.6. The first-order valence-corrected chi connectivity index (χ1v) is 9.87. The predicted octanol–water partition coefficient (Wildman–Crippen LogP) is 1.87. The second-order valence-electron chi connectivity index (χ2n) is 7.80. The van der Waals surface area contributed by atoms with Crippen molar-refractivity contribution in [2.45, 2.75) is 12.1 Å². The number of carbonyl (C=O) groups is 3. The molecular formula is C23H17FN4O4. The zero-order valence-electron chi connectivity index (χ0n) is 16.6. The van der Waals surface area contributed by atoms with Crippen molar-refractivity contribution in [3.8, 4) is 11.1 Å². The molecule has 3 N–H and O–H groups in total. The summed E-state index contributed by atoms with van der Waals surface area (Å²) >= 11 is 0. The van der Waals surface area contributed by atoms with E-state index in [-0.39, 0.29) is 24.2 Å². The number of amides is 4. The van der Waals surface area contributed by atoms with Gasteiger partial charge in [0.2, 0.25) is 5.56 Å². The van der Waals surface area contributed by atoms with Crippen molar-refractivity contribution in [3.05, 3.63) is 93.7 Å². The number of hydrogen-bond acceptors (Lipinski definition) is 4. The molecule has 3 heterocycles. The molecule has 0 bridgehead atoms. The van der Waals surface area contributed by atoms with Crippen molar-refractivity contribution in [1.29, 1.82) is 0 Å². The standard InChI is InChI=1S/C23H17FN4O4/c24-17-7-3-15-11-28(20(30)18(15)9-17)12-23(21(31)26-22(32)27-23)16-5-1-13(2-6-16)14-4-8-19(29)25-10-14/h1-10H,11-12H2,(H,25,29)(H2,26,27,31,32)/t23-/m0/s1. The molecule has 1 aromatic heterocycles. The molecule has 5 rings (SSSR count). The van der Waals surface area contributed by atoms with Crippen molar-refractivity contribution in [2.75, 3.05) is 6.54 Å². The summed E-state index contributed by atoms with van der Waals surface area (Å²) in [6.45, 7) is 0.0898. The third-order valence-electron chi connectivity index (χ3n) is 5.82. The lowest BCUT2D eigenvalue weighted by atomic mass is 9.88. The molecule has 2 aliphatic rings. The number of urea groups is 1. The van der Waals surface area contributed by atoms with Gasteiger partial charge >= 0.3 is 6.03 Å². The molecule has 1 atom stereocenters. The fraction of sp³-hybridized carbons (Fsp3) is 0.130. The Kier molecular flexibility index (Phi) is 4.40. The van der Waals surface area contributed by atoms with E-state index in [4.69, 9.17) is 0 Å². The molecule has 3 aromatic rings. The van der Waals surface area contributed by atoms with Gasteiger partial charge in [-0.2, -0.15) is 0 Å². The van der Waals surface area contributed by atoms with Crippen LogP contribution in [0.2, 0.25) is 0 Å². The number of halogens is 1. The number of benzene rings is 2. The first-order chi connectivity index (χ1) is 15.4. The fourth-order valence-electron chi connectivity index (χ4n) is 4.18. The number of imide groups is 1. The van der Waals surface area contributed by atoms with E-state index in [9.17, 15) is 23.6 Å². The average Bonchev–Trinajstić information content (AvgIpc) is 3.24. The zero-order valence-corrected chi connectivity index (χ0v) is 16.6. The van der Waals surface area contributed by atoms with Crippen LogP contribution in [0.25, 0.3) is 11.1 Å². The Bertz CT molecular complexity index is 1310. The van der Waals surface area contributed by atoms with E-state index in [1.165, 1.54) is 23.1 Å². The highest BCUT2D eigenvalue weighted by Gasteiger charge is 2.50. The number of nitrogens with zero attached hydrogens (tertiary/aromatic N) is 1. The normalized spacial score (nSPS) is 19.7. The maximum Gasteiger partial charge on any atom is 0.322 e. The molecule has 160 valence electrons. The second-order valence-corrected chi connectivity index (χ2v) is 7.80. The van der Waals surface area contributed by atoms with E-state index in [2.05, 4.69) is 15.6 Å². The predicted molar refractivity (Wildman–Crippen MR) is 112 cm³/mol. The third kappa shape index (κ3) is 3.15. The van der Waals surface area contributed by atoms with Gasteiger partial charge in [0.1, 0.15) is 5.82 Å². The van der Waals surface area contributed by atoms with Gasteiger partial charge in [0.25, 0.3) is 11.8 Å². The number of hydrogen-bond donors (Lipinski definition) is 3. The van der Waals surface area contributed by atoms with Gasteiger partial charge in [-0.3, -0.25) is 19.7 Å². The summed E-state index contributed by atoms with van der Waals surface area (Å²) in [5.74, 6) is -1.50. The molecular weight excluding hydrogens is 415 g/mol. The molecule has 32 heavy (non-hydrogen) atoms. The number of aromatic amines is 1. The summed E-state index contributed by atoms with van der Waals surface area (Å²) in [6, 6.07) is 13.3. The number of pyridine rings is 1. The SMILES string of the molecule is O=C1NC(=O)[C@](CN2Cc3ccc(F)cc3C2=O)(c2ccc(-c3ccc(=O)[nH]c3)cc2)N1. The van der Waals surface area contributed by atoms with Crippen LogP contribution in [0.4, 0.5) is 9.18 Å². The van der Waals surface area contributed by atoms with Gasteiger partial charge in [-0.25, -0.2) is 9.18 Å². The van der Waals surface area contributed by atoms with Crippen LogP contribution in [0, 0.1) is 5.82 Å². The van der Waals surface area contributed by atoms with E-state index < -0.39 is 29.2 Å². The zero-order chi connectivity index (χ0) is 22.5. The number of rotatable bonds is 4. The highest BCUT2D eigenvalue weighted by atomic mass is 19.1. The average molecular weight is 432 g/mol. The molecule has 0 aliphatic carbocycles. The minimum Gasteiger partial charge on any atom is -0.331 e. The number of nitrogens with one attached hydrogen (secondary N) is 3. The van der Waals surface area contributed by atoms with Gasteiger partial charge in [-0.1, -0.05) is 30.3 Å². The lowest BCUT2D eigenvalue weighted by Gasteiger charge is -2.31. The number of carbonyl (C=O) groups excluding carboxylic acids is 3. The highest BCUT2D eigenvalue weighted by Crippen LogP contribution is 2.32. The van der Waals surface area contributed by atoms with Gasteiger partial charge in [-0.15, -0.1) is 0 Å². The van der Waals surface area contributed by atoms with Crippen molar-refractivity contribution < 1.29 is 18.8 Å². The van der Waals surface area contributed by atoms with Crippen LogP contribution in [0.5, 0.6) is 0 Å². The molecule has 0 radical (unpaired) electrons. The van der Waals surface area contributed by atoms with Crippen molar-refractivity contribution in [2.24, 2.45) is 0 Å². The molecule has 1 saturated heterocycles. The van der Waals surface area contributed by atoms with E-state index in [0.29, 0.717) is 11.1 Å². The Morgan fingerprint density at radius 1 is 0.938 bits per heavy atom. The fourth-order valence-corrected chi connectivity index (χ4v) is 4.18. The molecule has 2 aliphatic heterocycles. The van der Waals surface area contributed by atoms with Crippen LogP contribution in [0.15, 0.2) is 65.6 Å². The van der Waals surface area contributed by atoms with Crippen LogP contribution in [-0.2, 0) is 16.9 Å². The van der Waals surface area contributed by atoms with Crippen LogP contribution in [-0.4, -0.2) is 34.3 Å². The minimum absolute atomic E-state index is 0.113. The Balaban J connectivity index is 1.49. The Morgan fingerprint density at radius 2 is 1.69 bits per heavy atom. The van der Waals surface area contributed by atoms with Crippen molar-refractivity contribution in [3.63, 3.8) is 0 Å². The van der Waals surface area contributed by atoms with Crippen LogP contribution >= 0.6 is 0 Å². The number of H-pyrrole nitrogens is 1. The number of fused-ring (bicyclic) bond motifs is 1. The van der Waals surface area contributed by atoms with E-state index in [1.54, 1.807) is 42.6 Å². The van der Waals surface area contributed by atoms with Gasteiger partial charge in [0.15, 0.2) is 5.54 Å². The Labute approximate surface area is 181 Å². The Morgan fingerprint density at radius 3 is 2.34 bits per heavy atom. The molecule has 4 amide bonds. The number of aromatic nitrogens is 1. The van der Waals surface area contributed by atoms with Crippen LogP contribution in [0.1, 0.15) is 21.5 Å². The molecule has 0 spiro atoms. The first-order valence-electron chi connectivity index (χ1n) is 9.87. The van der Waals surface area contributed by atoms with Gasteiger partial charge in [-0.05, 0) is 40.5 Å². The molecule has 9 heteroatoms. The molecule has 8 nitrogen and oxygen atoms in total. The Hall–Kier alpha value is -4.27. The van der Waals surface area contributed by atoms with Crippen molar-refractivity contribution in [1.82, 2.24) is 20.5 Å². The summed E-state index contributed by atoms with van der Waals surface area (Å²) in [4.78, 5) is 53.1. The second kappa shape index (κ2) is 7.16. The molecule has 0 unspecified atom stereocenters. The van der Waals surface area contributed by atoms with Crippen molar-refractivity contribution >= 4 is 17.8 Å².